The molecule has 0 fully saturated rings. The van der Waals surface area contributed by atoms with E-state index in [0.29, 0.717) is 5.56 Å². The highest BCUT2D eigenvalue weighted by Crippen LogP contribution is 2.45. The molecule has 1 aliphatic heterocycles. The summed E-state index contributed by atoms with van der Waals surface area (Å²) in [5.41, 5.74) is 5.97. The van der Waals surface area contributed by atoms with Crippen LogP contribution in [0, 0.1) is 0 Å². The van der Waals surface area contributed by atoms with Gasteiger partial charge in [0.1, 0.15) is 0 Å². The van der Waals surface area contributed by atoms with Gasteiger partial charge in [-0.1, -0.05) is 12.1 Å². The molecular formula is C10H10F3NO2. The number of hydrogen-bond donors (Lipinski definition) is 1. The van der Waals surface area contributed by atoms with E-state index in [9.17, 15) is 13.2 Å². The summed E-state index contributed by atoms with van der Waals surface area (Å²) < 4.78 is 46.3. The maximum Gasteiger partial charge on any atom is 0.586 e. The van der Waals surface area contributed by atoms with Gasteiger partial charge in [-0.05, 0) is 12.5 Å². The Balaban J connectivity index is 2.33. The summed E-state index contributed by atoms with van der Waals surface area (Å²) >= 11 is 0. The average Bonchev–Trinajstić information content (AvgIpc) is 2.51. The van der Waals surface area contributed by atoms with Crippen LogP contribution in [0.5, 0.6) is 11.5 Å². The predicted molar refractivity (Wildman–Crippen MR) is 50.2 cm³/mol. The zero-order valence-electron chi connectivity index (χ0n) is 8.25. The quantitative estimate of drug-likeness (QED) is 0.871. The van der Waals surface area contributed by atoms with Gasteiger partial charge >= 0.3 is 6.29 Å². The molecule has 0 spiro atoms. The van der Waals surface area contributed by atoms with Crippen molar-refractivity contribution >= 4 is 0 Å². The Bertz CT molecular complexity index is 398. The van der Waals surface area contributed by atoms with E-state index in [1.807, 2.05) is 0 Å². The summed E-state index contributed by atoms with van der Waals surface area (Å²) in [7, 11) is 0. The largest absolute Gasteiger partial charge is 0.586 e. The number of nitrogens with two attached hydrogens (primary N) is 1. The van der Waals surface area contributed by atoms with Crippen molar-refractivity contribution in [3.63, 3.8) is 0 Å². The molecule has 0 radical (unpaired) electrons. The molecule has 88 valence electrons. The fourth-order valence-corrected chi connectivity index (χ4v) is 1.56. The summed E-state index contributed by atoms with van der Waals surface area (Å²) in [5.74, 6) is -0.176. The van der Waals surface area contributed by atoms with E-state index in [-0.39, 0.29) is 17.9 Å². The van der Waals surface area contributed by atoms with E-state index in [4.69, 9.17) is 5.73 Å². The highest BCUT2D eigenvalue weighted by atomic mass is 19.3. The lowest BCUT2D eigenvalue weighted by Crippen LogP contribution is -2.26. The highest BCUT2D eigenvalue weighted by molar-refractivity contribution is 5.50. The molecule has 1 aliphatic rings. The number of alkyl halides is 3. The van der Waals surface area contributed by atoms with Crippen molar-refractivity contribution in [2.24, 2.45) is 5.73 Å². The molecular weight excluding hydrogens is 223 g/mol. The molecule has 1 aromatic rings. The van der Waals surface area contributed by atoms with E-state index in [0.717, 1.165) is 0 Å². The van der Waals surface area contributed by atoms with Crippen LogP contribution in [0.1, 0.15) is 18.0 Å². The van der Waals surface area contributed by atoms with Gasteiger partial charge < -0.3 is 15.2 Å². The molecule has 1 atom stereocenters. The molecule has 2 N–H and O–H groups in total. The molecule has 1 aromatic carbocycles. The van der Waals surface area contributed by atoms with Crippen LogP contribution in [0.15, 0.2) is 18.2 Å². The SMILES string of the molecule is N[C@@H](CCF)c1cccc2c1OC(F)(F)O2. The number of halogens is 3. The Labute approximate surface area is 89.9 Å². The van der Waals surface area contributed by atoms with Gasteiger partial charge in [0.2, 0.25) is 0 Å². The molecule has 6 heteroatoms. The van der Waals surface area contributed by atoms with Crippen molar-refractivity contribution in [2.75, 3.05) is 6.67 Å². The fourth-order valence-electron chi connectivity index (χ4n) is 1.56. The minimum absolute atomic E-state index is 0.0470. The third-order valence-electron chi connectivity index (χ3n) is 2.28. The number of ether oxygens (including phenoxy) is 2. The number of para-hydroxylation sites is 1. The van der Waals surface area contributed by atoms with Crippen LogP contribution in [0.3, 0.4) is 0 Å². The van der Waals surface area contributed by atoms with E-state index in [1.54, 1.807) is 0 Å². The van der Waals surface area contributed by atoms with Crippen LogP contribution in [0.25, 0.3) is 0 Å². The maximum absolute atomic E-state index is 12.8. The molecule has 0 aliphatic carbocycles. The summed E-state index contributed by atoms with van der Waals surface area (Å²) in [6.45, 7) is -0.623. The molecule has 1 heterocycles. The van der Waals surface area contributed by atoms with E-state index >= 15 is 0 Å². The number of hydrogen-bond acceptors (Lipinski definition) is 3. The van der Waals surface area contributed by atoms with Gasteiger partial charge in [0.25, 0.3) is 0 Å². The van der Waals surface area contributed by atoms with Gasteiger partial charge in [0, 0.05) is 11.6 Å². The van der Waals surface area contributed by atoms with Gasteiger partial charge in [-0.3, -0.25) is 4.39 Å². The van der Waals surface area contributed by atoms with E-state index < -0.39 is 19.0 Å². The molecule has 0 aromatic heterocycles. The van der Waals surface area contributed by atoms with Gasteiger partial charge in [-0.2, -0.15) is 0 Å². The number of rotatable bonds is 3. The van der Waals surface area contributed by atoms with Gasteiger partial charge in [0.05, 0.1) is 6.67 Å². The minimum Gasteiger partial charge on any atom is -0.395 e. The number of benzene rings is 1. The van der Waals surface area contributed by atoms with Crippen molar-refractivity contribution in [1.82, 2.24) is 0 Å². The van der Waals surface area contributed by atoms with Crippen molar-refractivity contribution in [3.8, 4) is 11.5 Å². The van der Waals surface area contributed by atoms with Crippen LogP contribution in [0.2, 0.25) is 0 Å². The second-order valence-electron chi connectivity index (χ2n) is 3.43. The summed E-state index contributed by atoms with van der Waals surface area (Å²) in [6.07, 6.45) is -3.63. The second kappa shape index (κ2) is 3.86. The average molecular weight is 233 g/mol. The van der Waals surface area contributed by atoms with Gasteiger partial charge in [0.15, 0.2) is 11.5 Å². The summed E-state index contributed by atoms with van der Waals surface area (Å²) in [5, 5.41) is 0. The Morgan fingerprint density at radius 1 is 1.31 bits per heavy atom. The Hall–Kier alpha value is -1.43. The first-order chi connectivity index (χ1) is 7.53. The molecule has 0 saturated heterocycles. The monoisotopic (exact) mass is 233 g/mol. The Kier molecular flexibility index (Phi) is 2.67. The molecule has 3 nitrogen and oxygen atoms in total. The zero-order chi connectivity index (χ0) is 11.8. The van der Waals surface area contributed by atoms with Crippen molar-refractivity contribution < 1.29 is 22.6 Å². The van der Waals surface area contributed by atoms with Crippen molar-refractivity contribution in [2.45, 2.75) is 18.8 Å². The first-order valence-electron chi connectivity index (χ1n) is 4.74. The van der Waals surface area contributed by atoms with Crippen molar-refractivity contribution in [1.29, 1.82) is 0 Å². The molecule has 0 saturated carbocycles. The first kappa shape index (κ1) is 11.1. The third-order valence-corrected chi connectivity index (χ3v) is 2.28. The van der Waals surface area contributed by atoms with Gasteiger partial charge in [-0.15, -0.1) is 8.78 Å². The Morgan fingerprint density at radius 2 is 2.06 bits per heavy atom. The van der Waals surface area contributed by atoms with Crippen LogP contribution in [0.4, 0.5) is 13.2 Å². The Morgan fingerprint density at radius 3 is 2.75 bits per heavy atom. The molecule has 0 bridgehead atoms. The standard InChI is InChI=1S/C10H10F3NO2/c11-5-4-7(14)6-2-1-3-8-9(6)16-10(12,13)15-8/h1-3,7H,4-5,14H2/t7-/m0/s1. The van der Waals surface area contributed by atoms with Crippen LogP contribution >= 0.6 is 0 Å². The van der Waals surface area contributed by atoms with Gasteiger partial charge in [-0.25, -0.2) is 0 Å². The lowest BCUT2D eigenvalue weighted by molar-refractivity contribution is -0.287. The predicted octanol–water partition coefficient (Wildman–Crippen LogP) is 2.37. The topological polar surface area (TPSA) is 44.5 Å². The smallest absolute Gasteiger partial charge is 0.395 e. The zero-order valence-corrected chi connectivity index (χ0v) is 8.25. The normalized spacial score (nSPS) is 18.5. The second-order valence-corrected chi connectivity index (χ2v) is 3.43. The van der Waals surface area contributed by atoms with Crippen molar-refractivity contribution in [3.05, 3.63) is 23.8 Å². The lowest BCUT2D eigenvalue weighted by Gasteiger charge is -2.12. The van der Waals surface area contributed by atoms with Crippen LogP contribution in [-0.2, 0) is 0 Å². The highest BCUT2D eigenvalue weighted by Gasteiger charge is 2.44. The third kappa shape index (κ3) is 1.92. The first-order valence-corrected chi connectivity index (χ1v) is 4.74. The van der Waals surface area contributed by atoms with E-state index in [1.165, 1.54) is 18.2 Å². The minimum atomic E-state index is -3.67. The summed E-state index contributed by atoms with van der Waals surface area (Å²) in [6, 6.07) is 3.69. The fraction of sp³-hybridized carbons (Fsp3) is 0.400. The van der Waals surface area contributed by atoms with Crippen LogP contribution < -0.4 is 15.2 Å². The van der Waals surface area contributed by atoms with Crippen LogP contribution in [-0.4, -0.2) is 13.0 Å². The number of fused-ring (bicyclic) bond motifs is 1. The van der Waals surface area contributed by atoms with E-state index in [2.05, 4.69) is 9.47 Å². The molecule has 0 amide bonds. The molecule has 16 heavy (non-hydrogen) atoms. The molecule has 2 rings (SSSR count). The summed E-state index contributed by atoms with van der Waals surface area (Å²) in [4.78, 5) is 0. The lowest BCUT2D eigenvalue weighted by atomic mass is 10.0. The molecule has 0 unspecified atom stereocenters. The maximum atomic E-state index is 12.8.